The molecule has 0 spiro atoms. The summed E-state index contributed by atoms with van der Waals surface area (Å²) in [5, 5.41) is 0. The predicted octanol–water partition coefficient (Wildman–Crippen LogP) is 3.25. The van der Waals surface area contributed by atoms with Gasteiger partial charge in [-0.3, -0.25) is 4.98 Å². The van der Waals surface area contributed by atoms with E-state index < -0.39 is 11.6 Å². The lowest BCUT2D eigenvalue weighted by Gasteiger charge is -2.11. The second-order valence-electron chi connectivity index (χ2n) is 4.10. The zero-order chi connectivity index (χ0) is 15.4. The number of nitrogens with zero attached hydrogens (tertiary/aromatic N) is 1. The monoisotopic (exact) mass is 312 g/mol. The first-order chi connectivity index (χ1) is 10.1. The fourth-order valence-corrected chi connectivity index (χ4v) is 2.69. The molecule has 21 heavy (non-hydrogen) atoms. The minimum Gasteiger partial charge on any atom is -0.493 e. The minimum absolute atomic E-state index is 0.0476. The molecular formula is C14H14F2N2O2S. The molecule has 0 saturated heterocycles. The van der Waals surface area contributed by atoms with Crippen LogP contribution >= 0.6 is 11.8 Å². The van der Waals surface area contributed by atoms with Gasteiger partial charge in [-0.15, -0.1) is 11.8 Å². The Labute approximate surface area is 125 Å². The van der Waals surface area contributed by atoms with E-state index in [2.05, 4.69) is 4.98 Å². The summed E-state index contributed by atoms with van der Waals surface area (Å²) in [6, 6.07) is 3.82. The van der Waals surface area contributed by atoms with Crippen molar-refractivity contribution in [1.29, 1.82) is 0 Å². The van der Waals surface area contributed by atoms with Crippen LogP contribution in [0.3, 0.4) is 0 Å². The van der Waals surface area contributed by atoms with Crippen LogP contribution in [0.1, 0.15) is 5.69 Å². The Balaban J connectivity index is 2.25. The lowest BCUT2D eigenvalue weighted by atomic mass is 10.3. The molecule has 4 nitrogen and oxygen atoms in total. The van der Waals surface area contributed by atoms with E-state index in [4.69, 9.17) is 15.2 Å². The third-order valence-electron chi connectivity index (χ3n) is 2.74. The molecule has 0 saturated carbocycles. The van der Waals surface area contributed by atoms with Crippen molar-refractivity contribution in [2.24, 2.45) is 0 Å². The van der Waals surface area contributed by atoms with Crippen molar-refractivity contribution in [3.05, 3.63) is 41.7 Å². The number of hydrogen-bond acceptors (Lipinski definition) is 5. The number of rotatable bonds is 5. The second kappa shape index (κ2) is 6.62. The summed E-state index contributed by atoms with van der Waals surface area (Å²) >= 11 is 0.981. The van der Waals surface area contributed by atoms with Crippen LogP contribution in [0.25, 0.3) is 0 Å². The number of halogens is 2. The van der Waals surface area contributed by atoms with Crippen LogP contribution in [0.15, 0.2) is 29.3 Å². The van der Waals surface area contributed by atoms with Crippen LogP contribution in [0.4, 0.5) is 14.5 Å². The molecule has 0 bridgehead atoms. The third kappa shape index (κ3) is 3.36. The number of benzene rings is 1. The van der Waals surface area contributed by atoms with E-state index in [9.17, 15) is 8.78 Å². The molecule has 7 heteroatoms. The average Bonchev–Trinajstić information content (AvgIpc) is 2.45. The number of nitrogens with two attached hydrogens (primary N) is 1. The van der Waals surface area contributed by atoms with Gasteiger partial charge in [0.1, 0.15) is 11.6 Å². The number of pyridine rings is 1. The van der Waals surface area contributed by atoms with Crippen LogP contribution in [0, 0.1) is 11.6 Å². The molecule has 1 heterocycles. The highest BCUT2D eigenvalue weighted by atomic mass is 32.2. The summed E-state index contributed by atoms with van der Waals surface area (Å²) in [6.45, 7) is 0. The van der Waals surface area contributed by atoms with Crippen LogP contribution in [0.2, 0.25) is 0 Å². The Kier molecular flexibility index (Phi) is 4.85. The van der Waals surface area contributed by atoms with E-state index in [1.165, 1.54) is 14.2 Å². The molecule has 2 aromatic rings. The fraction of sp³-hybridized carbons (Fsp3) is 0.214. The van der Waals surface area contributed by atoms with Gasteiger partial charge in [-0.1, -0.05) is 0 Å². The number of hydrogen-bond donors (Lipinski definition) is 1. The van der Waals surface area contributed by atoms with Gasteiger partial charge >= 0.3 is 0 Å². The maximum Gasteiger partial charge on any atom is 0.183 e. The molecule has 0 aliphatic heterocycles. The van der Waals surface area contributed by atoms with E-state index in [0.717, 1.165) is 23.9 Å². The molecule has 0 atom stereocenters. The van der Waals surface area contributed by atoms with Gasteiger partial charge in [-0.05, 0) is 12.1 Å². The minimum atomic E-state index is -0.695. The molecule has 0 fully saturated rings. The van der Waals surface area contributed by atoms with E-state index in [0.29, 0.717) is 17.2 Å². The number of thioether (sulfide) groups is 1. The second-order valence-corrected chi connectivity index (χ2v) is 5.08. The number of methoxy groups -OCH3 is 2. The maximum absolute atomic E-state index is 13.7. The normalized spacial score (nSPS) is 10.5. The first-order valence-electron chi connectivity index (χ1n) is 6.00. The van der Waals surface area contributed by atoms with Crippen LogP contribution in [-0.4, -0.2) is 19.2 Å². The van der Waals surface area contributed by atoms with Crippen LogP contribution in [0.5, 0.6) is 11.5 Å². The summed E-state index contributed by atoms with van der Waals surface area (Å²) in [4.78, 5) is 4.05. The van der Waals surface area contributed by atoms with Crippen LogP contribution < -0.4 is 15.2 Å². The highest BCUT2D eigenvalue weighted by molar-refractivity contribution is 7.98. The smallest absolute Gasteiger partial charge is 0.183 e. The molecule has 1 aromatic carbocycles. The van der Waals surface area contributed by atoms with Crippen molar-refractivity contribution < 1.29 is 18.3 Å². The van der Waals surface area contributed by atoms with E-state index in [1.807, 2.05) is 0 Å². The topological polar surface area (TPSA) is 57.4 Å². The summed E-state index contributed by atoms with van der Waals surface area (Å²) in [7, 11) is 2.99. The predicted molar refractivity (Wildman–Crippen MR) is 77.7 cm³/mol. The average molecular weight is 312 g/mol. The first kappa shape index (κ1) is 15.4. The molecule has 0 unspecified atom stereocenters. The van der Waals surface area contributed by atoms with Crippen molar-refractivity contribution >= 4 is 17.4 Å². The summed E-state index contributed by atoms with van der Waals surface area (Å²) in [6.07, 6.45) is 1.55. The fourth-order valence-electron chi connectivity index (χ4n) is 1.81. The number of anilines is 1. The van der Waals surface area contributed by atoms with Gasteiger partial charge < -0.3 is 15.2 Å². The van der Waals surface area contributed by atoms with E-state index in [1.54, 1.807) is 12.3 Å². The Morgan fingerprint density at radius 3 is 2.43 bits per heavy atom. The zero-order valence-corrected chi connectivity index (χ0v) is 12.3. The van der Waals surface area contributed by atoms with Crippen molar-refractivity contribution in [3.63, 3.8) is 0 Å². The zero-order valence-electron chi connectivity index (χ0n) is 11.5. The van der Waals surface area contributed by atoms with Gasteiger partial charge in [0, 0.05) is 23.7 Å². The van der Waals surface area contributed by atoms with Gasteiger partial charge in [0.2, 0.25) is 0 Å². The lowest BCUT2D eigenvalue weighted by molar-refractivity contribution is 0.350. The van der Waals surface area contributed by atoms with Gasteiger partial charge in [-0.25, -0.2) is 8.78 Å². The van der Waals surface area contributed by atoms with Crippen molar-refractivity contribution in [2.45, 2.75) is 10.6 Å². The molecule has 2 N–H and O–H groups in total. The van der Waals surface area contributed by atoms with Crippen molar-refractivity contribution in [1.82, 2.24) is 4.98 Å². The Morgan fingerprint density at radius 2 is 1.86 bits per heavy atom. The third-order valence-corrected chi connectivity index (χ3v) is 3.84. The standard InChI is InChI=1S/C14H14F2N2O2S/c1-19-12-3-4-18-11(13(12)20-2)7-21-14-9(15)5-8(17)6-10(14)16/h3-6H,7,17H2,1-2H3. The molecule has 112 valence electrons. The number of nitrogen functional groups attached to an aromatic ring is 1. The van der Waals surface area contributed by atoms with E-state index >= 15 is 0 Å². The molecule has 0 aliphatic rings. The van der Waals surface area contributed by atoms with Gasteiger partial charge in [-0.2, -0.15) is 0 Å². The molecule has 2 rings (SSSR count). The molecule has 0 aliphatic carbocycles. The SMILES string of the molecule is COc1ccnc(CSc2c(F)cc(N)cc2F)c1OC. The van der Waals surface area contributed by atoms with Gasteiger partial charge in [0.25, 0.3) is 0 Å². The largest absolute Gasteiger partial charge is 0.493 e. The van der Waals surface area contributed by atoms with Crippen LogP contribution in [-0.2, 0) is 5.75 Å². The maximum atomic E-state index is 13.7. The lowest BCUT2D eigenvalue weighted by Crippen LogP contribution is -1.98. The highest BCUT2D eigenvalue weighted by Crippen LogP contribution is 2.35. The first-order valence-corrected chi connectivity index (χ1v) is 6.98. The van der Waals surface area contributed by atoms with Gasteiger partial charge in [0.05, 0.1) is 24.8 Å². The summed E-state index contributed by atoms with van der Waals surface area (Å²) < 4.78 is 37.8. The summed E-state index contributed by atoms with van der Waals surface area (Å²) in [5.74, 6) is -0.193. The summed E-state index contributed by atoms with van der Waals surface area (Å²) in [5.41, 5.74) is 5.97. The molecule has 0 amide bonds. The highest BCUT2D eigenvalue weighted by Gasteiger charge is 2.15. The molecule has 0 radical (unpaired) electrons. The Bertz CT molecular complexity index is 630. The van der Waals surface area contributed by atoms with Crippen molar-refractivity contribution in [2.75, 3.05) is 20.0 Å². The Morgan fingerprint density at radius 1 is 1.19 bits per heavy atom. The number of aromatic nitrogens is 1. The van der Waals surface area contributed by atoms with E-state index in [-0.39, 0.29) is 16.3 Å². The Hall–Kier alpha value is -2.02. The van der Waals surface area contributed by atoms with Crippen molar-refractivity contribution in [3.8, 4) is 11.5 Å². The molecule has 1 aromatic heterocycles. The quantitative estimate of drug-likeness (QED) is 0.678. The number of ether oxygens (including phenoxy) is 2. The molecular weight excluding hydrogens is 298 g/mol. The van der Waals surface area contributed by atoms with Gasteiger partial charge in [0.15, 0.2) is 11.5 Å².